The quantitative estimate of drug-likeness (QED) is 0.233. The molecule has 6 heteroatoms. The Hall–Kier alpha value is -1.71. The summed E-state index contributed by atoms with van der Waals surface area (Å²) in [6.45, 7) is 31.3. The van der Waals surface area contributed by atoms with Crippen LogP contribution in [-0.2, 0) is 34.8 Å². The second kappa shape index (κ2) is 13.9. The van der Waals surface area contributed by atoms with Gasteiger partial charge in [-0.2, -0.15) is 0 Å². The molecule has 1 heterocycles. The van der Waals surface area contributed by atoms with Gasteiger partial charge in [0.05, 0.1) is 34.2 Å². The van der Waals surface area contributed by atoms with Gasteiger partial charge in [0.1, 0.15) is 0 Å². The predicted octanol–water partition coefficient (Wildman–Crippen LogP) is 11.9. The molecule has 1 aliphatic heterocycles. The molecule has 0 aliphatic carbocycles. The fourth-order valence-electron chi connectivity index (χ4n) is 5.09. The minimum absolute atomic E-state index is 0.00424. The Kier molecular flexibility index (Phi) is 12.1. The molecule has 232 valence electrons. The van der Waals surface area contributed by atoms with E-state index in [1.54, 1.807) is 0 Å². The van der Waals surface area contributed by atoms with Crippen LogP contribution in [0.4, 0.5) is 11.4 Å². The Morgan fingerprint density at radius 3 is 1.24 bits per heavy atom. The molecule has 2 aromatic rings. The van der Waals surface area contributed by atoms with Gasteiger partial charge in [-0.15, -0.1) is 0 Å². The molecule has 2 aromatic carbocycles. The summed E-state index contributed by atoms with van der Waals surface area (Å²) in [5.74, 6) is 0. The topological polar surface area (TPSA) is 37.1 Å². The van der Waals surface area contributed by atoms with Crippen molar-refractivity contribution in [1.29, 1.82) is 0 Å². The standard InChI is InChI=1S/C36H51N3.2ClH.Fe/c1-23(37-31-25(33(3,4)5)17-15-18-26(31)34(6,7)8)29-21-22-30(39-29)24(2)38-32-27(35(9,10)11)19-16-20-28(32)36(12,13)14;;;/h15-21H,22H2,1-14H3;2*1H;/q;;;+2/p-2. The fourth-order valence-corrected chi connectivity index (χ4v) is 5.09. The van der Waals surface area contributed by atoms with Gasteiger partial charge in [-0.3, -0.25) is 9.98 Å². The van der Waals surface area contributed by atoms with Gasteiger partial charge in [0.25, 0.3) is 0 Å². The van der Waals surface area contributed by atoms with E-state index in [0.717, 1.165) is 40.6 Å². The van der Waals surface area contributed by atoms with Gasteiger partial charge in [0.2, 0.25) is 0 Å². The number of rotatable bonds is 4. The molecule has 42 heavy (non-hydrogen) atoms. The number of para-hydroxylation sites is 2. The monoisotopic (exact) mass is 651 g/mol. The molecule has 0 N–H and O–H groups in total. The van der Waals surface area contributed by atoms with Crippen LogP contribution in [-0.4, -0.2) is 17.1 Å². The van der Waals surface area contributed by atoms with Crippen LogP contribution in [0.3, 0.4) is 0 Å². The van der Waals surface area contributed by atoms with Crippen LogP contribution >= 0.6 is 20.2 Å². The molecule has 0 aromatic heterocycles. The van der Waals surface area contributed by atoms with Gasteiger partial charge in [0, 0.05) is 6.42 Å². The van der Waals surface area contributed by atoms with Crippen molar-refractivity contribution in [1.82, 2.24) is 0 Å². The molecular weight excluding hydrogens is 601 g/mol. The third kappa shape index (κ3) is 9.39. The first kappa shape index (κ1) is 36.5. The summed E-state index contributed by atoms with van der Waals surface area (Å²) < 4.78 is 0. The Balaban J connectivity index is 0.00000197. The zero-order valence-corrected chi connectivity index (χ0v) is 30.8. The van der Waals surface area contributed by atoms with E-state index in [9.17, 15) is 0 Å². The maximum absolute atomic E-state index is 5.26. The van der Waals surface area contributed by atoms with Crippen molar-refractivity contribution >= 4 is 48.7 Å². The van der Waals surface area contributed by atoms with Crippen molar-refractivity contribution in [3.05, 3.63) is 70.4 Å². The number of hydrogen-bond acceptors (Lipinski definition) is 3. The first-order valence-electron chi connectivity index (χ1n) is 14.6. The van der Waals surface area contributed by atoms with Gasteiger partial charge in [-0.1, -0.05) is 126 Å². The van der Waals surface area contributed by atoms with E-state index in [0.29, 0.717) is 0 Å². The molecule has 0 unspecified atom stereocenters. The molecule has 0 bridgehead atoms. The Morgan fingerprint density at radius 2 is 0.929 bits per heavy atom. The summed E-state index contributed by atoms with van der Waals surface area (Å²) in [4.78, 5) is 15.6. The van der Waals surface area contributed by atoms with Crippen molar-refractivity contribution in [3.8, 4) is 0 Å². The Bertz CT molecular complexity index is 1320. The maximum atomic E-state index is 5.26. The van der Waals surface area contributed by atoms with E-state index >= 15 is 0 Å². The number of aliphatic imine (C=N–C) groups is 3. The molecule has 1 aliphatic rings. The van der Waals surface area contributed by atoms with Crippen LogP contribution in [0.5, 0.6) is 0 Å². The van der Waals surface area contributed by atoms with Crippen molar-refractivity contribution in [2.24, 2.45) is 15.0 Å². The summed E-state index contributed by atoms with van der Waals surface area (Å²) in [6.07, 6.45) is 2.97. The average molecular weight is 653 g/mol. The van der Waals surface area contributed by atoms with Gasteiger partial charge >= 0.3 is 33.3 Å². The number of hydrogen-bond donors (Lipinski definition) is 0. The van der Waals surface area contributed by atoms with Gasteiger partial charge in [-0.25, -0.2) is 4.99 Å². The predicted molar refractivity (Wildman–Crippen MR) is 185 cm³/mol. The molecule has 0 spiro atoms. The molecule has 0 saturated heterocycles. The summed E-state index contributed by atoms with van der Waals surface area (Å²) in [5, 5.41) is 0. The van der Waals surface area contributed by atoms with Crippen LogP contribution in [0.2, 0.25) is 0 Å². The number of benzene rings is 2. The zero-order valence-electron chi connectivity index (χ0n) is 28.2. The SMILES string of the molecule is CC(=Nc1c(C(C)(C)C)cccc1C(C)(C)C)C1=CCC(C(C)=Nc2c(C(C)(C)C)cccc2C(C)(C)C)=N1.[Cl][Fe][Cl]. The Morgan fingerprint density at radius 1 is 0.619 bits per heavy atom. The third-order valence-electron chi connectivity index (χ3n) is 7.40. The summed E-state index contributed by atoms with van der Waals surface area (Å²) >= 11 is 0.194. The number of nitrogens with zero attached hydrogens (tertiary/aromatic N) is 3. The van der Waals surface area contributed by atoms with Crippen molar-refractivity contribution in [2.75, 3.05) is 0 Å². The molecule has 3 nitrogen and oxygen atoms in total. The van der Waals surface area contributed by atoms with Crippen LogP contribution in [0.1, 0.15) is 126 Å². The molecular formula is C36H51Cl2FeN3. The first-order valence-corrected chi connectivity index (χ1v) is 17.7. The van der Waals surface area contributed by atoms with E-state index in [-0.39, 0.29) is 34.8 Å². The summed E-state index contributed by atoms with van der Waals surface area (Å²) in [6, 6.07) is 13.2. The second-order valence-electron chi connectivity index (χ2n) is 15.2. The van der Waals surface area contributed by atoms with Crippen molar-refractivity contribution < 1.29 is 13.1 Å². The first-order chi connectivity index (χ1) is 19.1. The second-order valence-corrected chi connectivity index (χ2v) is 17.0. The molecule has 0 fully saturated rings. The van der Waals surface area contributed by atoms with Crippen molar-refractivity contribution in [2.45, 2.75) is 125 Å². The number of allylic oxidation sites excluding steroid dienone is 2. The summed E-state index contributed by atoms with van der Waals surface area (Å²) in [7, 11) is 9.53. The summed E-state index contributed by atoms with van der Waals surface area (Å²) in [5.41, 5.74) is 11.1. The van der Waals surface area contributed by atoms with Crippen LogP contribution in [0.25, 0.3) is 0 Å². The fraction of sp³-hybridized carbons (Fsp3) is 0.528. The van der Waals surface area contributed by atoms with Crippen LogP contribution < -0.4 is 0 Å². The zero-order chi connectivity index (χ0) is 32.3. The molecule has 0 atom stereocenters. The molecule has 3 rings (SSSR count). The van der Waals surface area contributed by atoms with Crippen molar-refractivity contribution in [3.63, 3.8) is 0 Å². The van der Waals surface area contributed by atoms with Gasteiger partial charge in [0.15, 0.2) is 0 Å². The van der Waals surface area contributed by atoms with Crippen LogP contribution in [0, 0.1) is 0 Å². The minimum atomic E-state index is -0.00664. The molecule has 0 amide bonds. The molecule has 0 saturated carbocycles. The van der Waals surface area contributed by atoms with Gasteiger partial charge in [-0.05, 0) is 57.8 Å². The molecule has 0 radical (unpaired) electrons. The van der Waals surface area contributed by atoms with E-state index in [1.165, 1.54) is 22.3 Å². The van der Waals surface area contributed by atoms with E-state index < -0.39 is 0 Å². The van der Waals surface area contributed by atoms with Crippen LogP contribution in [0.15, 0.2) is 63.1 Å². The van der Waals surface area contributed by atoms with E-state index in [4.69, 9.17) is 35.2 Å². The third-order valence-corrected chi connectivity index (χ3v) is 7.40. The van der Waals surface area contributed by atoms with E-state index in [1.807, 2.05) is 0 Å². The van der Waals surface area contributed by atoms with E-state index in [2.05, 4.69) is 139 Å². The number of halogens is 2. The Labute approximate surface area is 271 Å². The average Bonchev–Trinajstić information content (AvgIpc) is 3.33. The van der Waals surface area contributed by atoms with Gasteiger partial charge < -0.3 is 0 Å². The normalized spacial score (nSPS) is 15.3.